The van der Waals surface area contributed by atoms with Gasteiger partial charge in [-0.3, -0.25) is 86.9 Å². The van der Waals surface area contributed by atoms with Crippen molar-refractivity contribution in [1.82, 2.24) is 81.7 Å². The molecule has 8 rings (SSSR count). The third kappa shape index (κ3) is 29.9. The lowest BCUT2D eigenvalue weighted by molar-refractivity contribution is -0.149. The number of nitrogens with one attached hydrogen (secondary N) is 11. The maximum Gasteiger partial charge on any atom is 0.246 e. The van der Waals surface area contributed by atoms with Crippen molar-refractivity contribution in [2.75, 3.05) is 72.5 Å². The number of aliphatic hydroxyl groups is 1. The van der Waals surface area contributed by atoms with Crippen LogP contribution in [-0.4, -0.2) is 282 Å². The average Bonchev–Trinajstić information content (AvgIpc) is 1.67. The monoisotopic (exact) mass is 1850 g/mol. The number of Topliss-reactive ketones (excluding diaryl/α,β-unsaturated/α-hetero) is 4. The Morgan fingerprint density at radius 2 is 1.14 bits per heavy atom. The lowest BCUT2D eigenvalue weighted by atomic mass is 9.81. The zero-order chi connectivity index (χ0) is 96.6. The molecule has 716 valence electrons. The lowest BCUT2D eigenvalue weighted by Gasteiger charge is -2.36. The van der Waals surface area contributed by atoms with Crippen LogP contribution in [0.3, 0.4) is 0 Å². The van der Waals surface area contributed by atoms with Gasteiger partial charge in [0.25, 0.3) is 0 Å². The quantitative estimate of drug-likeness (QED) is 0.0210. The summed E-state index contributed by atoms with van der Waals surface area (Å²) in [5.74, 6) is -20.3. The summed E-state index contributed by atoms with van der Waals surface area (Å²) in [7, 11) is 5.44. The standard InChI is InChI=1S/C93H130N20O18S/c1-10-13-31-73-78(117)40-57(26-22-34-99-93(96)97)85(124)108-72(87(126)102-48-81(95)120)51-132-52-83(122)105-69(36-56-24-16-15-17-25-56)89(128)110(7)55(5)84(123)106-71(44-80(94)119)91(130)113-35-23-33-74(113)79(118)41-58(37-62-47-98-53-103-62)76(115)43-65(54(4)12-3)88(127)109(6)49-82(121)104-68(38-59-45-100-66-29-20-18-27-63(59)66)77(116)42-61(50-114)86(125)107-70(39-60-46-101-67-30-21-19-28-64(60)67)90(129)112(9)75(32-14-11-2)92(131)111(73)8/h15-21,24-25,27-30,45-47,53-55,57-58,61,65,68-75,100-101,114H,10-14,22-23,26,31-44,48-52H2,1-9H3,(H2,94,119)(H2,95,120)(H,98,103)(H,102,126)(H,104,121)(H,105,122)(H,106,123)(H,107,125)(H,108,124)(H4,96,97,99)/t54?,55-,57+,58+,61-,65-,68-,69-,70-,71-,72-,73-,74-,75-/m0/s1. The summed E-state index contributed by atoms with van der Waals surface area (Å²) in [4.78, 5) is 269. The minimum atomic E-state index is -1.70. The molecule has 0 saturated carbocycles. The number of aliphatic hydroxyl groups excluding tert-OH is 1. The number of aromatic amines is 3. The molecule has 0 bridgehead atoms. The number of hydrogen-bond donors (Lipinski definition) is 15. The molecule has 2 aliphatic heterocycles. The Bertz CT molecular complexity index is 5040. The molecule has 1 unspecified atom stereocenters. The van der Waals surface area contributed by atoms with E-state index in [1.165, 1.54) is 62.3 Å². The third-order valence-corrected chi connectivity index (χ3v) is 25.9. The van der Waals surface area contributed by atoms with Crippen molar-refractivity contribution < 1.29 is 86.6 Å². The minimum absolute atomic E-state index is 0.0322. The molecule has 2 aliphatic rings. The van der Waals surface area contributed by atoms with E-state index in [4.69, 9.17) is 22.6 Å². The van der Waals surface area contributed by atoms with Crippen LogP contribution in [0.2, 0.25) is 0 Å². The van der Waals surface area contributed by atoms with E-state index in [0.717, 1.165) is 21.6 Å². The number of guanidine groups is 1. The van der Waals surface area contributed by atoms with Crippen LogP contribution < -0.4 is 54.4 Å². The van der Waals surface area contributed by atoms with Gasteiger partial charge in [-0.25, -0.2) is 4.98 Å². The highest BCUT2D eigenvalue weighted by atomic mass is 32.2. The van der Waals surface area contributed by atoms with Gasteiger partial charge in [-0.2, -0.15) is 0 Å². The fourth-order valence-corrected chi connectivity index (χ4v) is 17.7. The number of H-pyrrole nitrogens is 3. The van der Waals surface area contributed by atoms with Gasteiger partial charge in [-0.1, -0.05) is 127 Å². The van der Waals surface area contributed by atoms with Crippen LogP contribution >= 0.6 is 11.8 Å². The third-order valence-electron chi connectivity index (χ3n) is 24.9. The average molecular weight is 1850 g/mol. The Balaban J connectivity index is 1.18. The van der Waals surface area contributed by atoms with E-state index < -0.39 is 247 Å². The van der Waals surface area contributed by atoms with Crippen LogP contribution in [0.4, 0.5) is 0 Å². The number of fused-ring (bicyclic) bond motifs is 3. The fraction of sp³-hybridized carbons (Fsp3) is 0.538. The van der Waals surface area contributed by atoms with Gasteiger partial charge in [0, 0.05) is 156 Å². The first-order valence-corrected chi connectivity index (χ1v) is 46.3. The number of para-hydroxylation sites is 2. The number of nitrogens with two attached hydrogens (primary N) is 3. The molecule has 0 aliphatic carbocycles. The molecule has 132 heavy (non-hydrogen) atoms. The molecule has 0 radical (unpaired) electrons. The predicted octanol–water partition coefficient (Wildman–Crippen LogP) is 2.22. The Morgan fingerprint density at radius 1 is 0.568 bits per heavy atom. The zero-order valence-electron chi connectivity index (χ0n) is 76.7. The summed E-state index contributed by atoms with van der Waals surface area (Å²) >= 11 is 0.825. The van der Waals surface area contributed by atoms with E-state index >= 15 is 38.4 Å². The maximum absolute atomic E-state index is 15.7. The summed E-state index contributed by atoms with van der Waals surface area (Å²) in [5, 5.41) is 39.1. The molecule has 2 fully saturated rings. The molecule has 14 atom stereocenters. The van der Waals surface area contributed by atoms with Crippen LogP contribution in [0, 0.1) is 35.0 Å². The molecule has 6 aromatic rings. The molecule has 3 aromatic heterocycles. The number of rotatable bonds is 26. The normalized spacial score (nSPS) is 24.0. The second-order valence-electron chi connectivity index (χ2n) is 34.5. The maximum atomic E-state index is 15.7. The van der Waals surface area contributed by atoms with Crippen LogP contribution in [-0.2, 0) is 107 Å². The number of amides is 13. The number of carbonyl (C=O) groups is 17. The van der Waals surface area contributed by atoms with E-state index in [-0.39, 0.29) is 83.1 Å². The first-order chi connectivity index (χ1) is 63.0. The summed E-state index contributed by atoms with van der Waals surface area (Å²) in [6.45, 7) is 6.37. The van der Waals surface area contributed by atoms with Gasteiger partial charge >= 0.3 is 0 Å². The second-order valence-corrected chi connectivity index (χ2v) is 35.6. The summed E-state index contributed by atoms with van der Waals surface area (Å²) in [6.07, 6.45) is 5.41. The highest BCUT2D eigenvalue weighted by molar-refractivity contribution is 8.00. The number of imidazole rings is 1. The van der Waals surface area contributed by atoms with E-state index in [1.807, 2.05) is 26.8 Å². The topological polar surface area (TPSA) is 573 Å². The van der Waals surface area contributed by atoms with Crippen molar-refractivity contribution >= 4 is 139 Å². The van der Waals surface area contributed by atoms with Crippen LogP contribution in [0.5, 0.6) is 0 Å². The predicted molar refractivity (Wildman–Crippen MR) is 494 cm³/mol. The van der Waals surface area contributed by atoms with Gasteiger partial charge < -0.3 is 99.0 Å². The molecule has 0 spiro atoms. The molecule has 38 nitrogen and oxygen atoms in total. The van der Waals surface area contributed by atoms with Crippen molar-refractivity contribution in [1.29, 1.82) is 5.41 Å². The van der Waals surface area contributed by atoms with E-state index in [9.17, 15) is 48.3 Å². The van der Waals surface area contributed by atoms with Crippen LogP contribution in [0.1, 0.15) is 160 Å². The molecule has 2 saturated heterocycles. The number of likely N-dealkylation sites (N-methyl/N-ethyl adjacent to an activating group) is 4. The SMILES string of the molecule is CCCC[C@H]1C(=O)N(C)[C@@H](CCCC)C(=O)C[C@@H](CCCNC(=N)N)C(=O)N[C@H](C(=O)NCC(N)=O)CSCC(=O)N[C@@H](Cc2ccccc2)C(=O)N(C)[C@@H](C)C(=O)N[C@@H](CC(N)=O)C(=O)N2CCC[C@H]2C(=O)C[C@@H](Cc2cnc[nH]2)C(=O)C[C@@H](C(C)CC)C(=O)N(C)CC(=O)N[C@@H](Cc2c[nH]c3ccccc23)C(=O)C[C@@H](CO)C(=O)N[C@@H](Cc2c[nH]c3ccccc23)C(=O)N1C. The number of aromatic nitrogens is 4. The van der Waals surface area contributed by atoms with Gasteiger partial charge in [0.1, 0.15) is 42.0 Å². The first kappa shape index (κ1) is 105. The smallest absolute Gasteiger partial charge is 0.246 e. The van der Waals surface area contributed by atoms with Crippen molar-refractivity contribution in [3.8, 4) is 0 Å². The number of thioether (sulfide) groups is 1. The van der Waals surface area contributed by atoms with Crippen molar-refractivity contribution in [2.45, 2.75) is 217 Å². The van der Waals surface area contributed by atoms with E-state index in [0.29, 0.717) is 76.3 Å². The van der Waals surface area contributed by atoms with Gasteiger partial charge in [-0.05, 0) is 86.6 Å². The van der Waals surface area contributed by atoms with Crippen molar-refractivity contribution in [3.63, 3.8) is 0 Å². The van der Waals surface area contributed by atoms with Gasteiger partial charge in [-0.15, -0.1) is 11.8 Å². The van der Waals surface area contributed by atoms with Gasteiger partial charge in [0.05, 0.1) is 62.2 Å². The lowest BCUT2D eigenvalue weighted by Crippen LogP contribution is -2.58. The van der Waals surface area contributed by atoms with Crippen molar-refractivity contribution in [3.05, 3.63) is 126 Å². The molecule has 18 N–H and O–H groups in total. The highest BCUT2D eigenvalue weighted by Gasteiger charge is 2.44. The Morgan fingerprint density at radius 3 is 1.75 bits per heavy atom. The molecular weight excluding hydrogens is 1720 g/mol. The summed E-state index contributed by atoms with van der Waals surface area (Å²) < 4.78 is 0. The molecule has 5 heterocycles. The summed E-state index contributed by atoms with van der Waals surface area (Å²) in [6, 6.07) is 10.1. The van der Waals surface area contributed by atoms with Gasteiger partial charge in [0.15, 0.2) is 23.3 Å². The Hall–Kier alpha value is -12.7. The van der Waals surface area contributed by atoms with E-state index in [2.05, 4.69) is 57.2 Å². The number of carbonyl (C=O) groups excluding carboxylic acids is 17. The van der Waals surface area contributed by atoms with E-state index in [1.54, 1.807) is 92.1 Å². The van der Waals surface area contributed by atoms with Crippen LogP contribution in [0.15, 0.2) is 104 Å². The fourth-order valence-electron chi connectivity index (χ4n) is 16.9. The Kier molecular flexibility index (Phi) is 40.6. The Labute approximate surface area is 772 Å². The molecular formula is C93H130N20O18S. The second kappa shape index (κ2) is 51.2. The number of nitrogens with zero attached hydrogens (tertiary/aromatic N) is 6. The largest absolute Gasteiger partial charge is 0.396 e. The first-order valence-electron chi connectivity index (χ1n) is 45.2. The zero-order valence-corrected chi connectivity index (χ0v) is 77.5. The molecule has 13 amide bonds. The summed E-state index contributed by atoms with van der Waals surface area (Å²) in [5.41, 5.74) is 20.4. The minimum Gasteiger partial charge on any atom is -0.396 e. The molecule has 3 aromatic carbocycles. The van der Waals surface area contributed by atoms with Gasteiger partial charge in [0.2, 0.25) is 76.8 Å². The highest BCUT2D eigenvalue weighted by Crippen LogP contribution is 2.31. The number of primary amides is 2. The number of unbranched alkanes of at least 4 members (excludes halogenated alkanes) is 2. The number of benzene rings is 3. The number of ketones is 4. The number of hydrogen-bond acceptors (Lipinski definition) is 21. The molecule has 39 heteroatoms. The van der Waals surface area contributed by atoms with Crippen LogP contribution in [0.25, 0.3) is 21.8 Å². The van der Waals surface area contributed by atoms with Crippen molar-refractivity contribution in [2.24, 2.45) is 46.8 Å².